The highest BCUT2D eigenvalue weighted by molar-refractivity contribution is 6.01. The van der Waals surface area contributed by atoms with E-state index in [-0.39, 0.29) is 5.91 Å². The molecule has 0 saturated heterocycles. The molecule has 4 nitrogen and oxygen atoms in total. The molecule has 78 valence electrons. The number of nitrogens with one attached hydrogen (secondary N) is 1. The summed E-state index contributed by atoms with van der Waals surface area (Å²) in [5, 5.41) is 2.96. The Labute approximate surface area is 87.9 Å². The minimum atomic E-state index is 0.109. The first-order chi connectivity index (χ1) is 7.22. The third-order valence-electron chi connectivity index (χ3n) is 2.55. The maximum Gasteiger partial charge on any atom is 0.231 e. The number of hydrogen-bond donors (Lipinski definition) is 1. The van der Waals surface area contributed by atoms with Gasteiger partial charge in [0.15, 0.2) is 0 Å². The van der Waals surface area contributed by atoms with E-state index in [0.29, 0.717) is 13.0 Å². The first kappa shape index (κ1) is 9.71. The van der Waals surface area contributed by atoms with Crippen molar-refractivity contribution in [3.05, 3.63) is 23.8 Å². The number of fused-ring (bicyclic) bond motifs is 1. The van der Waals surface area contributed by atoms with Gasteiger partial charge in [-0.3, -0.25) is 4.79 Å². The Morgan fingerprint density at radius 2 is 2.33 bits per heavy atom. The van der Waals surface area contributed by atoms with Gasteiger partial charge in [0.05, 0.1) is 13.0 Å². The number of aldehydes is 1. The van der Waals surface area contributed by atoms with Crippen LogP contribution in [0.4, 0.5) is 11.4 Å². The lowest BCUT2D eigenvalue weighted by Gasteiger charge is -2.10. The Kier molecular flexibility index (Phi) is 2.41. The Hall–Kier alpha value is -1.84. The molecule has 0 saturated carbocycles. The minimum absolute atomic E-state index is 0.109. The monoisotopic (exact) mass is 204 g/mol. The lowest BCUT2D eigenvalue weighted by molar-refractivity contribution is -0.117. The summed E-state index contributed by atoms with van der Waals surface area (Å²) in [7, 11) is 1.77. The molecule has 0 aromatic heterocycles. The molecule has 0 spiro atoms. The van der Waals surface area contributed by atoms with Gasteiger partial charge in [-0.25, -0.2) is 0 Å². The van der Waals surface area contributed by atoms with Crippen molar-refractivity contribution in [1.29, 1.82) is 0 Å². The SMILES string of the molecule is CN1C(=O)Cc2cc(NCC=O)ccc21. The number of carbonyl (C=O) groups is 2. The number of anilines is 2. The van der Waals surface area contributed by atoms with Crippen LogP contribution in [0.1, 0.15) is 5.56 Å². The first-order valence-corrected chi connectivity index (χ1v) is 4.79. The van der Waals surface area contributed by atoms with Gasteiger partial charge in [0.1, 0.15) is 6.29 Å². The van der Waals surface area contributed by atoms with Crippen LogP contribution in [-0.2, 0) is 16.0 Å². The molecular weight excluding hydrogens is 192 g/mol. The number of benzene rings is 1. The second kappa shape index (κ2) is 3.73. The van der Waals surface area contributed by atoms with E-state index in [2.05, 4.69) is 5.32 Å². The van der Waals surface area contributed by atoms with E-state index in [1.165, 1.54) is 0 Å². The van der Waals surface area contributed by atoms with Gasteiger partial charge < -0.3 is 15.0 Å². The van der Waals surface area contributed by atoms with E-state index < -0.39 is 0 Å². The zero-order valence-corrected chi connectivity index (χ0v) is 8.49. The van der Waals surface area contributed by atoms with E-state index in [0.717, 1.165) is 23.2 Å². The molecule has 0 unspecified atom stereocenters. The first-order valence-electron chi connectivity index (χ1n) is 4.79. The van der Waals surface area contributed by atoms with Crippen LogP contribution in [0.3, 0.4) is 0 Å². The van der Waals surface area contributed by atoms with Crippen LogP contribution >= 0.6 is 0 Å². The number of hydrogen-bond acceptors (Lipinski definition) is 3. The van der Waals surface area contributed by atoms with Crippen molar-refractivity contribution in [2.75, 3.05) is 23.8 Å². The Bertz CT molecular complexity index is 415. The summed E-state index contributed by atoms with van der Waals surface area (Å²) >= 11 is 0. The van der Waals surface area contributed by atoms with E-state index in [1.54, 1.807) is 11.9 Å². The molecule has 0 aliphatic carbocycles. The Morgan fingerprint density at radius 1 is 1.53 bits per heavy atom. The van der Waals surface area contributed by atoms with Crippen LogP contribution in [0, 0.1) is 0 Å². The van der Waals surface area contributed by atoms with Crippen molar-refractivity contribution >= 4 is 23.6 Å². The van der Waals surface area contributed by atoms with E-state index in [4.69, 9.17) is 0 Å². The number of nitrogens with zero attached hydrogens (tertiary/aromatic N) is 1. The van der Waals surface area contributed by atoms with Crippen molar-refractivity contribution in [3.8, 4) is 0 Å². The molecule has 4 heteroatoms. The third-order valence-corrected chi connectivity index (χ3v) is 2.55. The molecule has 1 heterocycles. The molecule has 1 aromatic rings. The third kappa shape index (κ3) is 1.70. The zero-order valence-electron chi connectivity index (χ0n) is 8.49. The van der Waals surface area contributed by atoms with Crippen molar-refractivity contribution in [1.82, 2.24) is 0 Å². The standard InChI is InChI=1S/C11H12N2O2/c1-13-10-3-2-9(12-4-5-14)6-8(10)7-11(13)15/h2-3,5-6,12H,4,7H2,1H3. The van der Waals surface area contributed by atoms with E-state index in [1.807, 2.05) is 18.2 Å². The largest absolute Gasteiger partial charge is 0.378 e. The molecule has 1 aliphatic rings. The van der Waals surface area contributed by atoms with Gasteiger partial charge in [-0.15, -0.1) is 0 Å². The van der Waals surface area contributed by atoms with Crippen molar-refractivity contribution in [3.63, 3.8) is 0 Å². The summed E-state index contributed by atoms with van der Waals surface area (Å²) in [6.45, 7) is 0.294. The summed E-state index contributed by atoms with van der Waals surface area (Å²) in [5.74, 6) is 0.109. The molecule has 0 atom stereocenters. The molecule has 2 rings (SSSR count). The smallest absolute Gasteiger partial charge is 0.231 e. The van der Waals surface area contributed by atoms with Gasteiger partial charge >= 0.3 is 0 Å². The van der Waals surface area contributed by atoms with Crippen LogP contribution in [0.2, 0.25) is 0 Å². The number of rotatable bonds is 3. The van der Waals surface area contributed by atoms with Crippen LogP contribution in [0.5, 0.6) is 0 Å². The Balaban J connectivity index is 2.25. The fourth-order valence-electron chi connectivity index (χ4n) is 1.74. The highest BCUT2D eigenvalue weighted by atomic mass is 16.2. The van der Waals surface area contributed by atoms with E-state index >= 15 is 0 Å². The molecular formula is C11H12N2O2. The van der Waals surface area contributed by atoms with Crippen molar-refractivity contribution in [2.24, 2.45) is 0 Å². The van der Waals surface area contributed by atoms with Gasteiger partial charge in [0.25, 0.3) is 0 Å². The van der Waals surface area contributed by atoms with E-state index in [9.17, 15) is 9.59 Å². The maximum atomic E-state index is 11.4. The second-order valence-electron chi connectivity index (χ2n) is 3.52. The predicted octanol–water partition coefficient (Wildman–Crippen LogP) is 0.816. The lowest BCUT2D eigenvalue weighted by atomic mass is 10.1. The molecule has 1 N–H and O–H groups in total. The van der Waals surface area contributed by atoms with Gasteiger partial charge in [-0.2, -0.15) is 0 Å². The average Bonchev–Trinajstić information content (AvgIpc) is 2.52. The molecule has 15 heavy (non-hydrogen) atoms. The zero-order chi connectivity index (χ0) is 10.8. The molecule has 1 aliphatic heterocycles. The van der Waals surface area contributed by atoms with Crippen LogP contribution in [-0.4, -0.2) is 25.8 Å². The number of likely N-dealkylation sites (N-methyl/N-ethyl adjacent to an activating group) is 1. The Morgan fingerprint density at radius 3 is 3.07 bits per heavy atom. The van der Waals surface area contributed by atoms with Crippen LogP contribution < -0.4 is 10.2 Å². The molecule has 1 amide bonds. The molecule has 0 fully saturated rings. The quantitative estimate of drug-likeness (QED) is 0.741. The van der Waals surface area contributed by atoms with Crippen LogP contribution in [0.15, 0.2) is 18.2 Å². The summed E-state index contributed by atoms with van der Waals surface area (Å²) in [6, 6.07) is 5.69. The number of amides is 1. The van der Waals surface area contributed by atoms with Gasteiger partial charge in [-0.05, 0) is 23.8 Å². The summed E-state index contributed by atoms with van der Waals surface area (Å²) in [4.78, 5) is 23.2. The number of carbonyl (C=O) groups excluding carboxylic acids is 2. The average molecular weight is 204 g/mol. The minimum Gasteiger partial charge on any atom is -0.378 e. The topological polar surface area (TPSA) is 49.4 Å². The molecule has 1 aromatic carbocycles. The van der Waals surface area contributed by atoms with Gasteiger partial charge in [-0.1, -0.05) is 0 Å². The van der Waals surface area contributed by atoms with Crippen molar-refractivity contribution < 1.29 is 9.59 Å². The predicted molar refractivity (Wildman–Crippen MR) is 58.1 cm³/mol. The summed E-state index contributed by atoms with van der Waals surface area (Å²) in [5.41, 5.74) is 2.85. The highest BCUT2D eigenvalue weighted by Crippen LogP contribution is 2.29. The second-order valence-corrected chi connectivity index (χ2v) is 3.52. The van der Waals surface area contributed by atoms with Gasteiger partial charge in [0, 0.05) is 18.4 Å². The normalized spacial score (nSPS) is 13.9. The summed E-state index contributed by atoms with van der Waals surface area (Å²) in [6.07, 6.45) is 1.26. The highest BCUT2D eigenvalue weighted by Gasteiger charge is 2.23. The molecule has 0 radical (unpaired) electrons. The fourth-order valence-corrected chi connectivity index (χ4v) is 1.74. The van der Waals surface area contributed by atoms with Crippen molar-refractivity contribution in [2.45, 2.75) is 6.42 Å². The summed E-state index contributed by atoms with van der Waals surface area (Å²) < 4.78 is 0. The maximum absolute atomic E-state index is 11.4. The van der Waals surface area contributed by atoms with Crippen LogP contribution in [0.25, 0.3) is 0 Å². The molecule has 0 bridgehead atoms. The van der Waals surface area contributed by atoms with Gasteiger partial charge in [0.2, 0.25) is 5.91 Å². The fraction of sp³-hybridized carbons (Fsp3) is 0.273. The lowest BCUT2D eigenvalue weighted by Crippen LogP contribution is -2.20.